The van der Waals surface area contributed by atoms with Crippen molar-refractivity contribution in [1.29, 1.82) is 0 Å². The van der Waals surface area contributed by atoms with Gasteiger partial charge in [-0.05, 0) is 33.1 Å². The Labute approximate surface area is 134 Å². The summed E-state index contributed by atoms with van der Waals surface area (Å²) in [6, 6.07) is 0.118. The Morgan fingerprint density at radius 1 is 1.33 bits per heavy atom. The molecular formula is C15H29ClN4O. The van der Waals surface area contributed by atoms with Crippen molar-refractivity contribution in [2.24, 2.45) is 11.7 Å². The molecule has 0 aliphatic heterocycles. The third-order valence-electron chi connectivity index (χ3n) is 3.33. The summed E-state index contributed by atoms with van der Waals surface area (Å²) >= 11 is 0. The molecule has 1 heterocycles. The number of carbonyl (C=O) groups is 1. The van der Waals surface area contributed by atoms with Crippen LogP contribution in [0.3, 0.4) is 0 Å². The van der Waals surface area contributed by atoms with Crippen LogP contribution in [0.2, 0.25) is 0 Å². The fraction of sp³-hybridized carbons (Fsp3) is 0.733. The van der Waals surface area contributed by atoms with E-state index in [2.05, 4.69) is 24.3 Å². The molecule has 0 saturated carbocycles. The number of hydrogen-bond acceptors (Lipinski definition) is 3. The Hall–Kier alpha value is -1.07. The zero-order valence-electron chi connectivity index (χ0n) is 13.8. The average molecular weight is 317 g/mol. The number of aryl methyl sites for hydroxylation is 1. The van der Waals surface area contributed by atoms with E-state index in [0.29, 0.717) is 18.9 Å². The second-order valence-electron chi connectivity index (χ2n) is 6.02. The van der Waals surface area contributed by atoms with E-state index >= 15 is 0 Å². The van der Waals surface area contributed by atoms with Gasteiger partial charge in [0.05, 0.1) is 12.1 Å². The van der Waals surface area contributed by atoms with Crippen LogP contribution in [0.15, 0.2) is 0 Å². The van der Waals surface area contributed by atoms with E-state index in [0.717, 1.165) is 29.9 Å². The molecule has 6 heteroatoms. The molecule has 0 spiro atoms. The van der Waals surface area contributed by atoms with Crippen molar-refractivity contribution in [1.82, 2.24) is 15.1 Å². The number of aromatic nitrogens is 2. The Morgan fingerprint density at radius 2 is 1.95 bits per heavy atom. The average Bonchev–Trinajstić information content (AvgIpc) is 2.55. The molecular weight excluding hydrogens is 288 g/mol. The van der Waals surface area contributed by atoms with Gasteiger partial charge in [-0.1, -0.05) is 13.8 Å². The summed E-state index contributed by atoms with van der Waals surface area (Å²) in [5, 5.41) is 7.44. The van der Waals surface area contributed by atoms with E-state index in [1.165, 1.54) is 0 Å². The van der Waals surface area contributed by atoms with Crippen molar-refractivity contribution in [2.45, 2.75) is 60.0 Å². The lowest BCUT2D eigenvalue weighted by molar-refractivity contribution is -0.120. The smallest absolute Gasteiger partial charge is 0.224 e. The number of rotatable bonds is 7. The van der Waals surface area contributed by atoms with Gasteiger partial charge in [0.2, 0.25) is 5.91 Å². The van der Waals surface area contributed by atoms with E-state index in [-0.39, 0.29) is 24.4 Å². The van der Waals surface area contributed by atoms with Gasteiger partial charge in [0.25, 0.3) is 0 Å². The summed E-state index contributed by atoms with van der Waals surface area (Å²) in [4.78, 5) is 11.9. The molecule has 1 amide bonds. The van der Waals surface area contributed by atoms with Gasteiger partial charge in [-0.15, -0.1) is 12.4 Å². The Bertz CT molecular complexity index is 455. The van der Waals surface area contributed by atoms with E-state index in [1.807, 2.05) is 25.5 Å². The molecule has 1 atom stereocenters. The number of carbonyl (C=O) groups excluding carboxylic acids is 1. The SMILES string of the molecule is Cc1nn(CC(C)C)c(C)c1CC(=O)NCCC(C)N.Cl. The first-order valence-electron chi connectivity index (χ1n) is 7.36. The molecule has 0 bridgehead atoms. The molecule has 5 nitrogen and oxygen atoms in total. The Morgan fingerprint density at radius 3 is 2.48 bits per heavy atom. The fourth-order valence-electron chi connectivity index (χ4n) is 2.18. The number of hydrogen-bond donors (Lipinski definition) is 2. The molecule has 0 saturated heterocycles. The number of halogens is 1. The normalized spacial score (nSPS) is 12.1. The monoisotopic (exact) mass is 316 g/mol. The van der Waals surface area contributed by atoms with Crippen LogP contribution in [0.25, 0.3) is 0 Å². The van der Waals surface area contributed by atoms with Crippen molar-refractivity contribution in [3.05, 3.63) is 17.0 Å². The van der Waals surface area contributed by atoms with Crippen molar-refractivity contribution in [3.8, 4) is 0 Å². The van der Waals surface area contributed by atoms with Crippen molar-refractivity contribution < 1.29 is 4.79 Å². The van der Waals surface area contributed by atoms with Gasteiger partial charge in [0.15, 0.2) is 0 Å². The minimum atomic E-state index is 0. The predicted octanol–water partition coefficient (Wildman–Crippen LogP) is 1.97. The van der Waals surface area contributed by atoms with Crippen LogP contribution in [0, 0.1) is 19.8 Å². The van der Waals surface area contributed by atoms with Crippen molar-refractivity contribution >= 4 is 18.3 Å². The maximum absolute atomic E-state index is 11.9. The van der Waals surface area contributed by atoms with Crippen LogP contribution in [-0.2, 0) is 17.8 Å². The largest absolute Gasteiger partial charge is 0.356 e. The van der Waals surface area contributed by atoms with E-state index in [1.54, 1.807) is 0 Å². The molecule has 0 aliphatic carbocycles. The molecule has 1 aromatic heterocycles. The van der Waals surface area contributed by atoms with Crippen LogP contribution in [0.1, 0.15) is 44.1 Å². The first kappa shape index (κ1) is 19.9. The van der Waals surface area contributed by atoms with Crippen molar-refractivity contribution in [3.63, 3.8) is 0 Å². The number of nitrogens with one attached hydrogen (secondary N) is 1. The van der Waals surface area contributed by atoms with Gasteiger partial charge >= 0.3 is 0 Å². The minimum Gasteiger partial charge on any atom is -0.356 e. The van der Waals surface area contributed by atoms with Gasteiger partial charge in [-0.3, -0.25) is 9.48 Å². The highest BCUT2D eigenvalue weighted by molar-refractivity contribution is 5.85. The topological polar surface area (TPSA) is 72.9 Å². The quantitative estimate of drug-likeness (QED) is 0.808. The molecule has 0 radical (unpaired) electrons. The van der Waals surface area contributed by atoms with Gasteiger partial charge in [-0.2, -0.15) is 5.10 Å². The second kappa shape index (κ2) is 9.05. The zero-order valence-corrected chi connectivity index (χ0v) is 14.6. The van der Waals surface area contributed by atoms with E-state index < -0.39 is 0 Å². The summed E-state index contributed by atoms with van der Waals surface area (Å²) in [5.41, 5.74) is 8.76. The summed E-state index contributed by atoms with van der Waals surface area (Å²) < 4.78 is 2.00. The fourth-order valence-corrected chi connectivity index (χ4v) is 2.18. The zero-order chi connectivity index (χ0) is 15.3. The summed E-state index contributed by atoms with van der Waals surface area (Å²) in [6.45, 7) is 11.8. The first-order valence-corrected chi connectivity index (χ1v) is 7.36. The predicted molar refractivity (Wildman–Crippen MR) is 88.8 cm³/mol. The van der Waals surface area contributed by atoms with Gasteiger partial charge < -0.3 is 11.1 Å². The first-order chi connectivity index (χ1) is 9.31. The number of nitrogens with zero attached hydrogens (tertiary/aromatic N) is 2. The molecule has 21 heavy (non-hydrogen) atoms. The van der Waals surface area contributed by atoms with Crippen LogP contribution in [0.5, 0.6) is 0 Å². The molecule has 1 unspecified atom stereocenters. The lowest BCUT2D eigenvalue weighted by atomic mass is 10.1. The number of nitrogens with two attached hydrogens (primary N) is 1. The lowest BCUT2D eigenvalue weighted by Gasteiger charge is -2.09. The molecule has 3 N–H and O–H groups in total. The van der Waals surface area contributed by atoms with Crippen LogP contribution in [0.4, 0.5) is 0 Å². The highest BCUT2D eigenvalue weighted by Gasteiger charge is 2.15. The van der Waals surface area contributed by atoms with Crippen LogP contribution in [-0.4, -0.2) is 28.3 Å². The lowest BCUT2D eigenvalue weighted by Crippen LogP contribution is -2.30. The van der Waals surface area contributed by atoms with Gasteiger partial charge in [-0.25, -0.2) is 0 Å². The molecule has 0 fully saturated rings. The minimum absolute atomic E-state index is 0. The molecule has 0 aliphatic rings. The Kier molecular flexibility index (Phi) is 8.59. The maximum atomic E-state index is 11.9. The third-order valence-corrected chi connectivity index (χ3v) is 3.33. The van der Waals surface area contributed by atoms with Gasteiger partial charge in [0, 0.05) is 30.4 Å². The third kappa shape index (κ3) is 6.48. The van der Waals surface area contributed by atoms with Gasteiger partial charge in [0.1, 0.15) is 0 Å². The molecule has 122 valence electrons. The molecule has 1 aromatic rings. The second-order valence-corrected chi connectivity index (χ2v) is 6.02. The number of amides is 1. The van der Waals surface area contributed by atoms with Crippen LogP contribution < -0.4 is 11.1 Å². The molecule has 1 rings (SSSR count). The standard InChI is InChI=1S/C15H28N4O.ClH/c1-10(2)9-19-13(5)14(12(4)18-19)8-15(20)17-7-6-11(3)16;/h10-11H,6-9,16H2,1-5H3,(H,17,20);1H. The molecule has 0 aromatic carbocycles. The summed E-state index contributed by atoms with van der Waals surface area (Å²) in [7, 11) is 0. The van der Waals surface area contributed by atoms with Crippen molar-refractivity contribution in [2.75, 3.05) is 6.54 Å². The van der Waals surface area contributed by atoms with E-state index in [9.17, 15) is 4.79 Å². The van der Waals surface area contributed by atoms with Crippen LogP contribution >= 0.6 is 12.4 Å². The summed E-state index contributed by atoms with van der Waals surface area (Å²) in [5.74, 6) is 0.585. The maximum Gasteiger partial charge on any atom is 0.224 e. The van der Waals surface area contributed by atoms with E-state index in [4.69, 9.17) is 5.73 Å². The summed E-state index contributed by atoms with van der Waals surface area (Å²) in [6.07, 6.45) is 1.20. The highest BCUT2D eigenvalue weighted by Crippen LogP contribution is 2.15. The Balaban J connectivity index is 0.00000400. The highest BCUT2D eigenvalue weighted by atomic mass is 35.5.